The van der Waals surface area contributed by atoms with E-state index >= 15 is 0 Å². The molecule has 1 aromatic rings. The third-order valence-corrected chi connectivity index (χ3v) is 2.78. The Morgan fingerprint density at radius 2 is 2.24 bits per heavy atom. The van der Waals surface area contributed by atoms with Crippen LogP contribution < -0.4 is 5.32 Å². The van der Waals surface area contributed by atoms with Gasteiger partial charge in [-0.2, -0.15) is 0 Å². The third-order valence-electron chi connectivity index (χ3n) is 2.78. The van der Waals surface area contributed by atoms with E-state index in [2.05, 4.69) is 21.8 Å². The fourth-order valence-electron chi connectivity index (χ4n) is 1.80. The highest BCUT2D eigenvalue weighted by Gasteiger charge is 2.00. The van der Waals surface area contributed by atoms with Crippen LogP contribution in [0.5, 0.6) is 0 Å². The highest BCUT2D eigenvalue weighted by Crippen LogP contribution is 2.04. The lowest BCUT2D eigenvalue weighted by Crippen LogP contribution is -2.16. The average Bonchev–Trinajstić information content (AvgIpc) is 2.77. The Balaban J connectivity index is 2.20. The molecule has 4 nitrogen and oxygen atoms in total. The summed E-state index contributed by atoms with van der Waals surface area (Å²) in [6.07, 6.45) is 8.62. The summed E-state index contributed by atoms with van der Waals surface area (Å²) in [6, 6.07) is 0. The molecule has 0 bridgehead atoms. The molecule has 0 saturated carbocycles. The number of aromatic nitrogens is 2. The molecule has 4 heteroatoms. The highest BCUT2D eigenvalue weighted by molar-refractivity contribution is 4.97. The number of hydrogen-bond donors (Lipinski definition) is 1. The maximum absolute atomic E-state index is 5.04. The summed E-state index contributed by atoms with van der Waals surface area (Å²) < 4.78 is 7.28. The van der Waals surface area contributed by atoms with Crippen molar-refractivity contribution < 1.29 is 4.74 Å². The number of nitrogens with one attached hydrogen (secondary N) is 1. The molecule has 1 heterocycles. The van der Waals surface area contributed by atoms with Crippen molar-refractivity contribution >= 4 is 0 Å². The van der Waals surface area contributed by atoms with Crippen LogP contribution in [0.1, 0.15) is 38.3 Å². The van der Waals surface area contributed by atoms with Crippen molar-refractivity contribution in [2.75, 3.05) is 20.3 Å². The monoisotopic (exact) mass is 239 g/mol. The zero-order valence-corrected chi connectivity index (χ0v) is 11.1. The first-order valence-electron chi connectivity index (χ1n) is 6.57. The fraction of sp³-hybridized carbons (Fsp3) is 0.769. The maximum Gasteiger partial charge on any atom is 0.0948 e. The molecule has 0 aliphatic carbocycles. The second-order valence-corrected chi connectivity index (χ2v) is 4.31. The SMILES string of the molecule is CCCNCc1cncn1CCCCCOC. The van der Waals surface area contributed by atoms with E-state index in [4.69, 9.17) is 4.74 Å². The quantitative estimate of drug-likeness (QED) is 0.636. The first-order chi connectivity index (χ1) is 8.38. The normalized spacial score (nSPS) is 10.9. The number of ether oxygens (including phenoxy) is 1. The zero-order chi connectivity index (χ0) is 12.3. The minimum absolute atomic E-state index is 0.870. The first-order valence-corrected chi connectivity index (χ1v) is 6.57. The number of methoxy groups -OCH3 is 1. The number of imidazole rings is 1. The first kappa shape index (κ1) is 14.2. The van der Waals surface area contributed by atoms with Crippen LogP contribution in [0.15, 0.2) is 12.5 Å². The smallest absolute Gasteiger partial charge is 0.0948 e. The maximum atomic E-state index is 5.04. The molecule has 0 atom stereocenters. The van der Waals surface area contributed by atoms with Gasteiger partial charge in [0.25, 0.3) is 0 Å². The minimum atomic E-state index is 0.870. The van der Waals surface area contributed by atoms with Gasteiger partial charge in [0.15, 0.2) is 0 Å². The van der Waals surface area contributed by atoms with Gasteiger partial charge >= 0.3 is 0 Å². The van der Waals surface area contributed by atoms with E-state index < -0.39 is 0 Å². The number of nitrogens with zero attached hydrogens (tertiary/aromatic N) is 2. The number of unbranched alkanes of at least 4 members (excludes halogenated alkanes) is 2. The molecule has 0 fully saturated rings. The van der Waals surface area contributed by atoms with E-state index in [-0.39, 0.29) is 0 Å². The van der Waals surface area contributed by atoms with Crippen LogP contribution in [0.3, 0.4) is 0 Å². The van der Waals surface area contributed by atoms with Gasteiger partial charge in [0.05, 0.1) is 12.0 Å². The molecule has 17 heavy (non-hydrogen) atoms. The number of aryl methyl sites for hydroxylation is 1. The van der Waals surface area contributed by atoms with Crippen LogP contribution >= 0.6 is 0 Å². The van der Waals surface area contributed by atoms with Crippen LogP contribution in [-0.4, -0.2) is 29.8 Å². The van der Waals surface area contributed by atoms with Gasteiger partial charge in [-0.15, -0.1) is 0 Å². The van der Waals surface area contributed by atoms with E-state index in [0.29, 0.717) is 0 Å². The Morgan fingerprint density at radius 3 is 3.00 bits per heavy atom. The van der Waals surface area contributed by atoms with Gasteiger partial charge in [0.2, 0.25) is 0 Å². The molecule has 0 aliphatic rings. The standard InChI is InChI=1S/C13H25N3O/c1-3-7-14-10-13-11-15-12-16(13)8-5-4-6-9-17-2/h11-12,14H,3-10H2,1-2H3. The molecule has 0 radical (unpaired) electrons. The van der Waals surface area contributed by atoms with Gasteiger partial charge in [-0.25, -0.2) is 4.98 Å². The molecule has 0 saturated heterocycles. The van der Waals surface area contributed by atoms with Crippen LogP contribution in [-0.2, 0) is 17.8 Å². The van der Waals surface area contributed by atoms with Crippen molar-refractivity contribution in [3.8, 4) is 0 Å². The van der Waals surface area contributed by atoms with E-state index in [9.17, 15) is 0 Å². The van der Waals surface area contributed by atoms with Gasteiger partial charge < -0.3 is 14.6 Å². The lowest BCUT2D eigenvalue weighted by atomic mass is 10.2. The summed E-state index contributed by atoms with van der Waals surface area (Å²) >= 11 is 0. The molecule has 0 amide bonds. The van der Waals surface area contributed by atoms with E-state index in [1.165, 1.54) is 25.0 Å². The predicted octanol–water partition coefficient (Wildman–Crippen LogP) is 2.20. The second kappa shape index (κ2) is 9.19. The lowest BCUT2D eigenvalue weighted by Gasteiger charge is -2.08. The molecule has 98 valence electrons. The fourth-order valence-corrected chi connectivity index (χ4v) is 1.80. The molecule has 0 aromatic carbocycles. The summed E-state index contributed by atoms with van der Waals surface area (Å²) in [6.45, 7) is 6.10. The lowest BCUT2D eigenvalue weighted by molar-refractivity contribution is 0.191. The summed E-state index contributed by atoms with van der Waals surface area (Å²) in [4.78, 5) is 4.21. The summed E-state index contributed by atoms with van der Waals surface area (Å²) in [5.41, 5.74) is 1.28. The van der Waals surface area contributed by atoms with Crippen molar-refractivity contribution in [2.45, 2.75) is 45.7 Å². The van der Waals surface area contributed by atoms with Crippen LogP contribution in [0.25, 0.3) is 0 Å². The van der Waals surface area contributed by atoms with Gasteiger partial charge in [0.1, 0.15) is 0 Å². The molecule has 1 N–H and O–H groups in total. The minimum Gasteiger partial charge on any atom is -0.385 e. The van der Waals surface area contributed by atoms with Gasteiger partial charge in [-0.3, -0.25) is 0 Å². The van der Waals surface area contributed by atoms with Crippen molar-refractivity contribution in [1.82, 2.24) is 14.9 Å². The molecule has 0 spiro atoms. The van der Waals surface area contributed by atoms with Gasteiger partial charge in [0, 0.05) is 33.0 Å². The van der Waals surface area contributed by atoms with Crippen molar-refractivity contribution in [1.29, 1.82) is 0 Å². The summed E-state index contributed by atoms with van der Waals surface area (Å²) in [7, 11) is 1.76. The highest BCUT2D eigenvalue weighted by atomic mass is 16.5. The van der Waals surface area contributed by atoms with E-state index in [1.807, 2.05) is 12.5 Å². The second-order valence-electron chi connectivity index (χ2n) is 4.31. The van der Waals surface area contributed by atoms with Crippen molar-refractivity contribution in [3.63, 3.8) is 0 Å². The average molecular weight is 239 g/mol. The Labute approximate surface area is 104 Å². The van der Waals surface area contributed by atoms with Crippen LogP contribution in [0.4, 0.5) is 0 Å². The topological polar surface area (TPSA) is 39.1 Å². The largest absolute Gasteiger partial charge is 0.385 e. The third kappa shape index (κ3) is 5.84. The number of hydrogen-bond acceptors (Lipinski definition) is 3. The molecular formula is C13H25N3O. The van der Waals surface area contributed by atoms with Gasteiger partial charge in [-0.1, -0.05) is 6.92 Å². The molecule has 0 unspecified atom stereocenters. The predicted molar refractivity (Wildman–Crippen MR) is 70.0 cm³/mol. The summed E-state index contributed by atoms with van der Waals surface area (Å²) in [5.74, 6) is 0. The summed E-state index contributed by atoms with van der Waals surface area (Å²) in [5, 5.41) is 3.41. The van der Waals surface area contributed by atoms with Crippen LogP contribution in [0.2, 0.25) is 0 Å². The Morgan fingerprint density at radius 1 is 1.35 bits per heavy atom. The van der Waals surface area contributed by atoms with E-state index in [1.54, 1.807) is 7.11 Å². The molecular weight excluding hydrogens is 214 g/mol. The Bertz CT molecular complexity index is 286. The van der Waals surface area contributed by atoms with E-state index in [0.717, 1.165) is 32.7 Å². The Kier molecular flexibility index (Phi) is 7.67. The van der Waals surface area contributed by atoms with Gasteiger partial charge in [-0.05, 0) is 32.2 Å². The number of rotatable bonds is 10. The van der Waals surface area contributed by atoms with Crippen molar-refractivity contribution in [3.05, 3.63) is 18.2 Å². The molecule has 1 rings (SSSR count). The molecule has 1 aromatic heterocycles. The zero-order valence-electron chi connectivity index (χ0n) is 11.1. The molecule has 0 aliphatic heterocycles. The Hall–Kier alpha value is -0.870. The van der Waals surface area contributed by atoms with Crippen molar-refractivity contribution in [2.24, 2.45) is 0 Å². The van der Waals surface area contributed by atoms with Crippen LogP contribution in [0, 0.1) is 0 Å².